The van der Waals surface area contributed by atoms with E-state index < -0.39 is 6.04 Å². The van der Waals surface area contributed by atoms with Gasteiger partial charge in [0.25, 0.3) is 0 Å². The summed E-state index contributed by atoms with van der Waals surface area (Å²) in [6, 6.07) is 9.34. The minimum Gasteiger partial charge on any atom is -0.351 e. The van der Waals surface area contributed by atoms with E-state index in [1.807, 2.05) is 51.1 Å². The molecule has 4 nitrogen and oxygen atoms in total. The highest BCUT2D eigenvalue weighted by atomic mass is 16.2. The molecule has 0 saturated heterocycles. The Labute approximate surface area is 119 Å². The molecule has 0 aliphatic heterocycles. The van der Waals surface area contributed by atoms with Gasteiger partial charge in [-0.05, 0) is 17.0 Å². The quantitative estimate of drug-likeness (QED) is 0.899. The van der Waals surface area contributed by atoms with Crippen LogP contribution in [0.15, 0.2) is 36.5 Å². The predicted molar refractivity (Wildman–Crippen MR) is 81.0 cm³/mol. The lowest BCUT2D eigenvalue weighted by Crippen LogP contribution is -2.48. The zero-order valence-electron chi connectivity index (χ0n) is 12.2. The van der Waals surface area contributed by atoms with Crippen LogP contribution in [0, 0.1) is 5.41 Å². The van der Waals surface area contributed by atoms with Crippen LogP contribution >= 0.6 is 0 Å². The van der Waals surface area contributed by atoms with Crippen LogP contribution in [-0.4, -0.2) is 16.9 Å². The number of nitrogens with two attached hydrogens (primary N) is 1. The summed E-state index contributed by atoms with van der Waals surface area (Å²) in [5.41, 5.74) is 7.61. The van der Waals surface area contributed by atoms with E-state index in [-0.39, 0.29) is 11.3 Å². The minimum absolute atomic E-state index is 0.134. The number of pyridine rings is 1. The lowest BCUT2D eigenvalue weighted by atomic mass is 9.87. The monoisotopic (exact) mass is 271 g/mol. The zero-order valence-corrected chi connectivity index (χ0v) is 12.2. The van der Waals surface area contributed by atoms with Crippen LogP contribution < -0.4 is 11.1 Å². The second-order valence-corrected chi connectivity index (χ2v) is 6.05. The molecule has 0 bridgehead atoms. The molecular weight excluding hydrogens is 250 g/mol. The SMILES string of the molecule is CC(C)(C)C(N)C(=O)NCc1cccc2cccnc12. The van der Waals surface area contributed by atoms with Crippen LogP contribution in [0.3, 0.4) is 0 Å². The van der Waals surface area contributed by atoms with Crippen molar-refractivity contribution in [1.82, 2.24) is 10.3 Å². The van der Waals surface area contributed by atoms with Crippen molar-refractivity contribution in [2.75, 3.05) is 0 Å². The molecule has 1 unspecified atom stereocenters. The van der Waals surface area contributed by atoms with Crippen molar-refractivity contribution in [1.29, 1.82) is 0 Å². The third-order valence-electron chi connectivity index (χ3n) is 3.38. The smallest absolute Gasteiger partial charge is 0.237 e. The Morgan fingerprint density at radius 2 is 2.00 bits per heavy atom. The molecule has 20 heavy (non-hydrogen) atoms. The number of carbonyl (C=O) groups excluding carboxylic acids is 1. The molecule has 1 atom stereocenters. The van der Waals surface area contributed by atoms with Crippen molar-refractivity contribution in [3.8, 4) is 0 Å². The molecule has 0 aliphatic rings. The first-order valence-electron chi connectivity index (χ1n) is 6.75. The van der Waals surface area contributed by atoms with Crippen LogP contribution in [0.25, 0.3) is 10.9 Å². The van der Waals surface area contributed by atoms with Gasteiger partial charge in [-0.2, -0.15) is 0 Å². The highest BCUT2D eigenvalue weighted by molar-refractivity contribution is 5.84. The van der Waals surface area contributed by atoms with Crippen molar-refractivity contribution in [2.24, 2.45) is 11.1 Å². The molecule has 1 aromatic heterocycles. The van der Waals surface area contributed by atoms with E-state index in [2.05, 4.69) is 10.3 Å². The van der Waals surface area contributed by atoms with Crippen molar-refractivity contribution in [3.05, 3.63) is 42.1 Å². The van der Waals surface area contributed by atoms with Gasteiger partial charge in [-0.25, -0.2) is 0 Å². The van der Waals surface area contributed by atoms with Gasteiger partial charge < -0.3 is 11.1 Å². The average Bonchev–Trinajstić information content (AvgIpc) is 2.42. The Bertz CT molecular complexity index is 611. The Hall–Kier alpha value is -1.94. The van der Waals surface area contributed by atoms with Gasteiger partial charge in [0.1, 0.15) is 0 Å². The number of hydrogen-bond acceptors (Lipinski definition) is 3. The van der Waals surface area contributed by atoms with Crippen molar-refractivity contribution >= 4 is 16.8 Å². The molecule has 0 aliphatic carbocycles. The lowest BCUT2D eigenvalue weighted by molar-refractivity contribution is -0.124. The molecule has 2 aromatic rings. The number of nitrogens with zero attached hydrogens (tertiary/aromatic N) is 1. The number of hydrogen-bond donors (Lipinski definition) is 2. The zero-order chi connectivity index (χ0) is 14.8. The fraction of sp³-hybridized carbons (Fsp3) is 0.375. The topological polar surface area (TPSA) is 68.0 Å². The van der Waals surface area contributed by atoms with Gasteiger partial charge in [0, 0.05) is 18.1 Å². The fourth-order valence-corrected chi connectivity index (χ4v) is 2.00. The summed E-state index contributed by atoms with van der Waals surface area (Å²) in [4.78, 5) is 16.4. The van der Waals surface area contributed by atoms with E-state index >= 15 is 0 Å². The van der Waals surface area contributed by atoms with E-state index in [4.69, 9.17) is 5.73 Å². The van der Waals surface area contributed by atoms with E-state index in [1.165, 1.54) is 0 Å². The Kier molecular flexibility index (Phi) is 4.04. The molecule has 0 fully saturated rings. The molecule has 1 aromatic carbocycles. The number of para-hydroxylation sites is 1. The van der Waals surface area contributed by atoms with E-state index in [0.29, 0.717) is 6.54 Å². The summed E-state index contributed by atoms with van der Waals surface area (Å²) in [6.45, 7) is 6.31. The highest BCUT2D eigenvalue weighted by Crippen LogP contribution is 2.18. The van der Waals surface area contributed by atoms with Gasteiger partial charge in [0.2, 0.25) is 5.91 Å². The second kappa shape index (κ2) is 5.59. The van der Waals surface area contributed by atoms with E-state index in [0.717, 1.165) is 16.5 Å². The Morgan fingerprint density at radius 1 is 1.30 bits per heavy atom. The lowest BCUT2D eigenvalue weighted by Gasteiger charge is -2.25. The van der Waals surface area contributed by atoms with Crippen LogP contribution in [0.2, 0.25) is 0 Å². The molecule has 2 rings (SSSR count). The number of fused-ring (bicyclic) bond motifs is 1. The second-order valence-electron chi connectivity index (χ2n) is 6.05. The molecule has 0 spiro atoms. The van der Waals surface area contributed by atoms with Gasteiger partial charge in [-0.1, -0.05) is 45.0 Å². The molecule has 0 saturated carbocycles. The number of carbonyl (C=O) groups is 1. The molecule has 4 heteroatoms. The molecule has 0 radical (unpaired) electrons. The average molecular weight is 271 g/mol. The molecule has 1 amide bonds. The van der Waals surface area contributed by atoms with Crippen molar-refractivity contribution in [3.63, 3.8) is 0 Å². The van der Waals surface area contributed by atoms with Crippen LogP contribution in [0.4, 0.5) is 0 Å². The fourth-order valence-electron chi connectivity index (χ4n) is 2.00. The summed E-state index contributed by atoms with van der Waals surface area (Å²) in [7, 11) is 0. The van der Waals surface area contributed by atoms with Gasteiger partial charge in [-0.15, -0.1) is 0 Å². The number of aromatic nitrogens is 1. The number of amides is 1. The van der Waals surface area contributed by atoms with Gasteiger partial charge >= 0.3 is 0 Å². The van der Waals surface area contributed by atoms with Crippen LogP contribution in [-0.2, 0) is 11.3 Å². The predicted octanol–water partition coefficient (Wildman–Crippen LogP) is 2.22. The van der Waals surface area contributed by atoms with Crippen LogP contribution in [0.5, 0.6) is 0 Å². The van der Waals surface area contributed by atoms with Gasteiger partial charge in [0.15, 0.2) is 0 Å². The van der Waals surface area contributed by atoms with Gasteiger partial charge in [-0.3, -0.25) is 9.78 Å². The summed E-state index contributed by atoms with van der Waals surface area (Å²) in [6.07, 6.45) is 1.76. The largest absolute Gasteiger partial charge is 0.351 e. The standard InChI is InChI=1S/C16H21N3O/c1-16(2,3)14(17)15(20)19-10-12-7-4-6-11-8-5-9-18-13(11)12/h4-9,14H,10,17H2,1-3H3,(H,19,20). The summed E-state index contributed by atoms with van der Waals surface area (Å²) in [5, 5.41) is 3.96. The van der Waals surface area contributed by atoms with Gasteiger partial charge in [0.05, 0.1) is 11.6 Å². The number of benzene rings is 1. The molecule has 106 valence electrons. The van der Waals surface area contributed by atoms with E-state index in [9.17, 15) is 4.79 Å². The summed E-state index contributed by atoms with van der Waals surface area (Å²) >= 11 is 0. The summed E-state index contributed by atoms with van der Waals surface area (Å²) < 4.78 is 0. The molecular formula is C16H21N3O. The first kappa shape index (κ1) is 14.5. The minimum atomic E-state index is -0.523. The summed E-state index contributed by atoms with van der Waals surface area (Å²) in [5.74, 6) is -0.134. The highest BCUT2D eigenvalue weighted by Gasteiger charge is 2.27. The molecule has 1 heterocycles. The Morgan fingerprint density at radius 3 is 2.70 bits per heavy atom. The first-order chi connectivity index (χ1) is 9.39. The van der Waals surface area contributed by atoms with E-state index in [1.54, 1.807) is 6.20 Å². The van der Waals surface area contributed by atoms with Crippen LogP contribution in [0.1, 0.15) is 26.3 Å². The maximum absolute atomic E-state index is 12.0. The number of nitrogens with one attached hydrogen (secondary N) is 1. The first-order valence-corrected chi connectivity index (χ1v) is 6.75. The van der Waals surface area contributed by atoms with Crippen molar-refractivity contribution < 1.29 is 4.79 Å². The number of rotatable bonds is 3. The third-order valence-corrected chi connectivity index (χ3v) is 3.38. The maximum Gasteiger partial charge on any atom is 0.237 e. The van der Waals surface area contributed by atoms with Crippen molar-refractivity contribution in [2.45, 2.75) is 33.4 Å². The third kappa shape index (κ3) is 3.14. The molecule has 3 N–H and O–H groups in total. The maximum atomic E-state index is 12.0. The Balaban J connectivity index is 2.12. The normalized spacial score (nSPS) is 13.2.